The molecule has 0 saturated carbocycles. The van der Waals surface area contributed by atoms with Gasteiger partial charge < -0.3 is 14.5 Å². The van der Waals surface area contributed by atoms with Gasteiger partial charge in [-0.05, 0) is 44.8 Å². The largest absolute Gasteiger partial charge is 0.468 e. The topological polar surface area (TPSA) is 37.6 Å². The zero-order valence-electron chi connectivity index (χ0n) is 13.9. The second-order valence-corrected chi connectivity index (χ2v) is 6.86. The number of hydrogen-bond donors (Lipinski definition) is 1. The lowest BCUT2D eigenvalue weighted by Crippen LogP contribution is -2.46. The van der Waals surface area contributed by atoms with Gasteiger partial charge in [-0.2, -0.15) is 0 Å². The summed E-state index contributed by atoms with van der Waals surface area (Å²) in [5, 5.41) is 3.46. The maximum Gasteiger partial charge on any atom is 0.122 e. The zero-order valence-corrected chi connectivity index (χ0v) is 13.9. The lowest BCUT2D eigenvalue weighted by molar-refractivity contribution is -0.0528. The van der Waals surface area contributed by atoms with Gasteiger partial charge in [0.1, 0.15) is 5.76 Å². The van der Waals surface area contributed by atoms with Crippen LogP contribution in [-0.4, -0.2) is 37.2 Å². The highest BCUT2D eigenvalue weighted by Crippen LogP contribution is 2.25. The fourth-order valence-electron chi connectivity index (χ4n) is 2.99. The summed E-state index contributed by atoms with van der Waals surface area (Å²) in [5.41, 5.74) is 1.30. The molecule has 1 fully saturated rings. The van der Waals surface area contributed by atoms with Crippen LogP contribution in [0, 0.1) is 5.92 Å². The molecule has 1 saturated heterocycles. The lowest BCUT2D eigenvalue weighted by Gasteiger charge is -2.39. The summed E-state index contributed by atoms with van der Waals surface area (Å²) in [6, 6.07) is 2.10. The molecule has 0 amide bonds. The number of ether oxygens (including phenoxy) is 1. The standard InChI is InChI=1S/C17H30N2O2/c1-14(2)10-18-11-16-15(6-9-21-16)12-19-8-5-7-17(3,13-19)20-4/h6,9,14,18H,5,7-8,10-13H2,1-4H3. The van der Waals surface area contributed by atoms with Crippen molar-refractivity contribution < 1.29 is 9.15 Å². The normalized spacial score (nSPS) is 23.9. The van der Waals surface area contributed by atoms with E-state index in [9.17, 15) is 0 Å². The van der Waals surface area contributed by atoms with Gasteiger partial charge in [-0.3, -0.25) is 4.90 Å². The van der Waals surface area contributed by atoms with Crippen LogP contribution in [0.5, 0.6) is 0 Å². The number of likely N-dealkylation sites (tertiary alicyclic amines) is 1. The van der Waals surface area contributed by atoms with Crippen molar-refractivity contribution in [1.29, 1.82) is 0 Å². The van der Waals surface area contributed by atoms with E-state index in [1.54, 1.807) is 6.26 Å². The van der Waals surface area contributed by atoms with Crippen molar-refractivity contribution >= 4 is 0 Å². The second kappa shape index (κ2) is 7.43. The Bertz CT molecular complexity index is 430. The maximum atomic E-state index is 5.67. The van der Waals surface area contributed by atoms with Gasteiger partial charge in [0, 0.05) is 25.8 Å². The minimum Gasteiger partial charge on any atom is -0.468 e. The molecular weight excluding hydrogens is 264 g/mol. The number of piperidine rings is 1. The smallest absolute Gasteiger partial charge is 0.122 e. The van der Waals surface area contributed by atoms with Crippen LogP contribution < -0.4 is 5.32 Å². The molecule has 0 bridgehead atoms. The summed E-state index contributed by atoms with van der Waals surface area (Å²) in [4.78, 5) is 2.48. The molecule has 0 spiro atoms. The van der Waals surface area contributed by atoms with E-state index < -0.39 is 0 Å². The molecule has 1 N–H and O–H groups in total. The van der Waals surface area contributed by atoms with Crippen molar-refractivity contribution in [2.75, 3.05) is 26.7 Å². The molecule has 1 atom stereocenters. The van der Waals surface area contributed by atoms with Gasteiger partial charge in [0.2, 0.25) is 0 Å². The van der Waals surface area contributed by atoms with E-state index in [0.717, 1.165) is 44.9 Å². The van der Waals surface area contributed by atoms with Gasteiger partial charge in [0.05, 0.1) is 18.4 Å². The van der Waals surface area contributed by atoms with E-state index in [2.05, 4.69) is 37.1 Å². The molecule has 0 radical (unpaired) electrons. The van der Waals surface area contributed by atoms with Crippen LogP contribution in [0.25, 0.3) is 0 Å². The number of methoxy groups -OCH3 is 1. The van der Waals surface area contributed by atoms with E-state index in [1.165, 1.54) is 12.0 Å². The van der Waals surface area contributed by atoms with Crippen molar-refractivity contribution in [1.82, 2.24) is 10.2 Å². The summed E-state index contributed by atoms with van der Waals surface area (Å²) in [5.74, 6) is 1.73. The molecule has 1 unspecified atom stereocenters. The Kier molecular flexibility index (Phi) is 5.85. The quantitative estimate of drug-likeness (QED) is 0.839. The molecule has 0 aromatic carbocycles. The highest BCUT2D eigenvalue weighted by molar-refractivity contribution is 5.17. The first-order chi connectivity index (χ1) is 10.0. The fraction of sp³-hybridized carbons (Fsp3) is 0.765. The van der Waals surface area contributed by atoms with Gasteiger partial charge >= 0.3 is 0 Å². The third-order valence-corrected chi connectivity index (χ3v) is 4.30. The second-order valence-electron chi connectivity index (χ2n) is 6.86. The van der Waals surface area contributed by atoms with E-state index in [0.29, 0.717) is 5.92 Å². The lowest BCUT2D eigenvalue weighted by atomic mass is 9.94. The molecule has 1 aromatic heterocycles. The molecule has 2 heterocycles. The first kappa shape index (κ1) is 16.5. The molecule has 1 aliphatic heterocycles. The zero-order chi connectivity index (χ0) is 15.3. The Morgan fingerprint density at radius 3 is 3.00 bits per heavy atom. The highest BCUT2D eigenvalue weighted by atomic mass is 16.5. The monoisotopic (exact) mass is 294 g/mol. The minimum atomic E-state index is -0.00194. The van der Waals surface area contributed by atoms with Gasteiger partial charge in [-0.15, -0.1) is 0 Å². The van der Waals surface area contributed by atoms with Crippen molar-refractivity contribution in [2.24, 2.45) is 5.92 Å². The molecule has 4 nitrogen and oxygen atoms in total. The van der Waals surface area contributed by atoms with E-state index in [-0.39, 0.29) is 5.60 Å². The Morgan fingerprint density at radius 2 is 2.29 bits per heavy atom. The summed E-state index contributed by atoms with van der Waals surface area (Å²) < 4.78 is 11.3. The fourth-order valence-corrected chi connectivity index (χ4v) is 2.99. The van der Waals surface area contributed by atoms with Crippen LogP contribution in [0.4, 0.5) is 0 Å². The highest BCUT2D eigenvalue weighted by Gasteiger charge is 2.31. The molecule has 1 aromatic rings. The van der Waals surface area contributed by atoms with Gasteiger partial charge in [-0.1, -0.05) is 13.8 Å². The molecular formula is C17H30N2O2. The third kappa shape index (κ3) is 4.83. The van der Waals surface area contributed by atoms with Crippen LogP contribution in [-0.2, 0) is 17.8 Å². The number of furan rings is 1. The van der Waals surface area contributed by atoms with Crippen molar-refractivity contribution in [3.05, 3.63) is 23.7 Å². The number of nitrogens with zero attached hydrogens (tertiary/aromatic N) is 1. The van der Waals surface area contributed by atoms with Crippen molar-refractivity contribution in [3.63, 3.8) is 0 Å². The van der Waals surface area contributed by atoms with Gasteiger partial charge in [-0.25, -0.2) is 0 Å². The Morgan fingerprint density at radius 1 is 1.48 bits per heavy atom. The summed E-state index contributed by atoms with van der Waals surface area (Å²) >= 11 is 0. The van der Waals surface area contributed by atoms with Crippen LogP contribution >= 0.6 is 0 Å². The molecule has 120 valence electrons. The maximum absolute atomic E-state index is 5.67. The molecule has 2 rings (SSSR count). The van der Waals surface area contributed by atoms with E-state index in [4.69, 9.17) is 9.15 Å². The van der Waals surface area contributed by atoms with Crippen LogP contribution in [0.2, 0.25) is 0 Å². The van der Waals surface area contributed by atoms with Crippen LogP contribution in [0.3, 0.4) is 0 Å². The summed E-state index contributed by atoms with van der Waals surface area (Å²) in [7, 11) is 1.82. The van der Waals surface area contributed by atoms with E-state index >= 15 is 0 Å². The van der Waals surface area contributed by atoms with E-state index in [1.807, 2.05) is 7.11 Å². The third-order valence-electron chi connectivity index (χ3n) is 4.30. The number of nitrogens with one attached hydrogen (secondary N) is 1. The van der Waals surface area contributed by atoms with Crippen LogP contribution in [0.15, 0.2) is 16.7 Å². The molecule has 0 aliphatic carbocycles. The van der Waals surface area contributed by atoms with Crippen molar-refractivity contribution in [2.45, 2.75) is 52.3 Å². The Balaban J connectivity index is 1.89. The SMILES string of the molecule is COC1(C)CCCN(Cc2ccoc2CNCC(C)C)C1. The average molecular weight is 294 g/mol. The summed E-state index contributed by atoms with van der Waals surface area (Å²) in [6.45, 7) is 11.6. The number of rotatable bonds is 7. The van der Waals surface area contributed by atoms with Crippen LogP contribution in [0.1, 0.15) is 44.9 Å². The molecule has 21 heavy (non-hydrogen) atoms. The minimum absolute atomic E-state index is 0.00194. The van der Waals surface area contributed by atoms with Gasteiger partial charge in [0.15, 0.2) is 0 Å². The molecule has 4 heteroatoms. The molecule has 1 aliphatic rings. The first-order valence-corrected chi connectivity index (χ1v) is 8.06. The van der Waals surface area contributed by atoms with Crippen molar-refractivity contribution in [3.8, 4) is 0 Å². The number of hydrogen-bond acceptors (Lipinski definition) is 4. The first-order valence-electron chi connectivity index (χ1n) is 8.06. The Labute approximate surface area is 128 Å². The van der Waals surface area contributed by atoms with Gasteiger partial charge in [0.25, 0.3) is 0 Å². The predicted octanol–water partition coefficient (Wildman–Crippen LogP) is 3.03. The predicted molar refractivity (Wildman–Crippen MR) is 85.2 cm³/mol. The Hall–Kier alpha value is -0.840. The summed E-state index contributed by atoms with van der Waals surface area (Å²) in [6.07, 6.45) is 4.15. The average Bonchev–Trinajstić information content (AvgIpc) is 2.86.